The van der Waals surface area contributed by atoms with Gasteiger partial charge in [0, 0.05) is 13.2 Å². The van der Waals surface area contributed by atoms with Crippen LogP contribution < -0.4 is 11.1 Å². The van der Waals surface area contributed by atoms with Crippen molar-refractivity contribution < 1.29 is 10.0 Å². The molecule has 1 saturated carbocycles. The summed E-state index contributed by atoms with van der Waals surface area (Å²) in [5.41, 5.74) is 5.44. The molecule has 7 heteroatoms. The first kappa shape index (κ1) is 12.4. The number of amidine groups is 1. The second-order valence-electron chi connectivity index (χ2n) is 4.57. The maximum atomic E-state index is 12.1. The highest BCUT2D eigenvalue weighted by atomic mass is 16.4. The topological polar surface area (TPSA) is 106 Å². The Kier molecular flexibility index (Phi) is 3.22. The average Bonchev–Trinajstić information content (AvgIpc) is 2.97. The Labute approximate surface area is 105 Å². The van der Waals surface area contributed by atoms with Crippen molar-refractivity contribution in [3.63, 3.8) is 0 Å². The highest BCUT2D eigenvalue weighted by Gasteiger charge is 2.40. The minimum absolute atomic E-state index is 0.0653. The number of oxime groups is 1. The lowest BCUT2D eigenvalue weighted by atomic mass is 9.96. The first-order valence-electron chi connectivity index (χ1n) is 5.87. The van der Waals surface area contributed by atoms with E-state index in [0.717, 1.165) is 12.8 Å². The Morgan fingerprint density at radius 1 is 1.61 bits per heavy atom. The molecule has 2 rings (SSSR count). The second kappa shape index (κ2) is 4.67. The van der Waals surface area contributed by atoms with E-state index in [0.29, 0.717) is 18.5 Å². The van der Waals surface area contributed by atoms with Gasteiger partial charge in [-0.15, -0.1) is 0 Å². The van der Waals surface area contributed by atoms with Crippen molar-refractivity contribution in [3.8, 4) is 0 Å². The highest BCUT2D eigenvalue weighted by Crippen LogP contribution is 2.30. The zero-order valence-electron chi connectivity index (χ0n) is 10.3. The first-order valence-corrected chi connectivity index (χ1v) is 5.87. The van der Waals surface area contributed by atoms with Gasteiger partial charge in [-0.05, 0) is 18.9 Å². The Balaban J connectivity index is 2.21. The summed E-state index contributed by atoms with van der Waals surface area (Å²) in [6, 6.07) is 1.63. The SMILES string of the molecule is Cn1nccc1C(=O)NC1(C(N)=NO)CCCC1. The lowest BCUT2D eigenvalue weighted by Gasteiger charge is -2.28. The van der Waals surface area contributed by atoms with Gasteiger partial charge in [0.25, 0.3) is 5.91 Å². The van der Waals surface area contributed by atoms with Crippen molar-refractivity contribution in [3.05, 3.63) is 18.0 Å². The number of hydrogen-bond donors (Lipinski definition) is 3. The highest BCUT2D eigenvalue weighted by molar-refractivity contribution is 5.99. The van der Waals surface area contributed by atoms with E-state index >= 15 is 0 Å². The smallest absolute Gasteiger partial charge is 0.270 e. The fraction of sp³-hybridized carbons (Fsp3) is 0.545. The van der Waals surface area contributed by atoms with Crippen molar-refractivity contribution in [1.82, 2.24) is 15.1 Å². The van der Waals surface area contributed by atoms with Gasteiger partial charge in [0.1, 0.15) is 11.2 Å². The quantitative estimate of drug-likeness (QED) is 0.309. The summed E-state index contributed by atoms with van der Waals surface area (Å²) >= 11 is 0. The molecule has 0 unspecified atom stereocenters. The van der Waals surface area contributed by atoms with Crippen molar-refractivity contribution in [2.45, 2.75) is 31.2 Å². The van der Waals surface area contributed by atoms with Gasteiger partial charge in [0.2, 0.25) is 0 Å². The molecule has 98 valence electrons. The lowest BCUT2D eigenvalue weighted by molar-refractivity contribution is 0.0913. The van der Waals surface area contributed by atoms with Crippen LogP contribution >= 0.6 is 0 Å². The van der Waals surface area contributed by atoms with Crippen LogP contribution in [0.25, 0.3) is 0 Å². The van der Waals surface area contributed by atoms with Gasteiger partial charge in [-0.1, -0.05) is 18.0 Å². The molecule has 1 fully saturated rings. The van der Waals surface area contributed by atoms with Gasteiger partial charge in [-0.3, -0.25) is 9.48 Å². The van der Waals surface area contributed by atoms with E-state index in [1.54, 1.807) is 19.3 Å². The number of nitrogens with two attached hydrogens (primary N) is 1. The summed E-state index contributed by atoms with van der Waals surface area (Å²) in [4.78, 5) is 12.1. The van der Waals surface area contributed by atoms with Crippen LogP contribution in [0.15, 0.2) is 17.4 Å². The second-order valence-corrected chi connectivity index (χ2v) is 4.57. The molecule has 4 N–H and O–H groups in total. The summed E-state index contributed by atoms with van der Waals surface area (Å²) in [6.07, 6.45) is 4.82. The van der Waals surface area contributed by atoms with Crippen LogP contribution in [0.3, 0.4) is 0 Å². The van der Waals surface area contributed by atoms with E-state index in [9.17, 15) is 4.79 Å². The lowest BCUT2D eigenvalue weighted by Crippen LogP contribution is -2.56. The van der Waals surface area contributed by atoms with Crippen LogP contribution in [0.4, 0.5) is 0 Å². The van der Waals surface area contributed by atoms with Gasteiger partial charge < -0.3 is 16.3 Å². The molecule has 0 atom stereocenters. The van der Waals surface area contributed by atoms with Gasteiger partial charge >= 0.3 is 0 Å². The minimum Gasteiger partial charge on any atom is -0.409 e. The standard InChI is InChI=1S/C11H17N5O2/c1-16-8(4-7-13-16)9(17)14-11(10(12)15-18)5-2-3-6-11/h4,7,18H,2-3,5-6H2,1H3,(H2,12,15)(H,14,17). The largest absolute Gasteiger partial charge is 0.409 e. The third kappa shape index (κ3) is 2.03. The number of carbonyl (C=O) groups excluding carboxylic acids is 1. The average molecular weight is 251 g/mol. The van der Waals surface area contributed by atoms with Crippen LogP contribution in [0.2, 0.25) is 0 Å². The predicted octanol–water partition coefficient (Wildman–Crippen LogP) is 0.209. The summed E-state index contributed by atoms with van der Waals surface area (Å²) in [5.74, 6) is -0.195. The molecule has 1 amide bonds. The summed E-state index contributed by atoms with van der Waals surface area (Å²) in [6.45, 7) is 0. The first-order chi connectivity index (χ1) is 8.59. The van der Waals surface area contributed by atoms with E-state index < -0.39 is 5.54 Å². The summed E-state index contributed by atoms with van der Waals surface area (Å²) in [5, 5.41) is 18.7. The Morgan fingerprint density at radius 2 is 2.28 bits per heavy atom. The molecule has 0 spiro atoms. The number of amides is 1. The third-order valence-corrected chi connectivity index (χ3v) is 3.46. The van der Waals surface area contributed by atoms with Crippen molar-refractivity contribution in [2.24, 2.45) is 17.9 Å². The van der Waals surface area contributed by atoms with Crippen LogP contribution in [-0.4, -0.2) is 32.3 Å². The molecule has 0 bridgehead atoms. The Hall–Kier alpha value is -2.05. The molecular weight excluding hydrogens is 234 g/mol. The molecule has 1 aromatic rings. The normalized spacial score (nSPS) is 18.8. The maximum Gasteiger partial charge on any atom is 0.270 e. The van der Waals surface area contributed by atoms with Gasteiger partial charge in [-0.2, -0.15) is 5.10 Å². The molecular formula is C11H17N5O2. The zero-order valence-corrected chi connectivity index (χ0v) is 10.3. The summed E-state index contributed by atoms with van der Waals surface area (Å²) < 4.78 is 1.49. The predicted molar refractivity (Wildman–Crippen MR) is 65.3 cm³/mol. The molecule has 1 aliphatic rings. The molecule has 1 aromatic heterocycles. The van der Waals surface area contributed by atoms with Gasteiger partial charge in [0.15, 0.2) is 5.84 Å². The van der Waals surface area contributed by atoms with E-state index in [1.807, 2.05) is 0 Å². The Bertz CT molecular complexity index is 474. The number of hydrogen-bond acceptors (Lipinski definition) is 4. The number of rotatable bonds is 3. The van der Waals surface area contributed by atoms with Crippen LogP contribution in [0.5, 0.6) is 0 Å². The van der Waals surface area contributed by atoms with E-state index in [1.165, 1.54) is 4.68 Å². The van der Waals surface area contributed by atoms with E-state index in [2.05, 4.69) is 15.6 Å². The molecule has 7 nitrogen and oxygen atoms in total. The van der Waals surface area contributed by atoms with Crippen LogP contribution in [-0.2, 0) is 7.05 Å². The molecule has 18 heavy (non-hydrogen) atoms. The fourth-order valence-electron chi connectivity index (χ4n) is 2.40. The number of nitrogens with one attached hydrogen (secondary N) is 1. The third-order valence-electron chi connectivity index (χ3n) is 3.46. The molecule has 0 aliphatic heterocycles. The number of aromatic nitrogens is 2. The maximum absolute atomic E-state index is 12.1. The number of carbonyl (C=O) groups is 1. The van der Waals surface area contributed by atoms with Crippen LogP contribution in [0.1, 0.15) is 36.2 Å². The van der Waals surface area contributed by atoms with E-state index in [4.69, 9.17) is 10.9 Å². The molecule has 0 aromatic carbocycles. The van der Waals surface area contributed by atoms with Gasteiger partial charge in [0.05, 0.1) is 0 Å². The van der Waals surface area contributed by atoms with Crippen molar-refractivity contribution in [1.29, 1.82) is 0 Å². The number of nitrogens with zero attached hydrogens (tertiary/aromatic N) is 3. The van der Waals surface area contributed by atoms with Gasteiger partial charge in [-0.25, -0.2) is 0 Å². The number of aryl methyl sites for hydroxylation is 1. The van der Waals surface area contributed by atoms with E-state index in [-0.39, 0.29) is 11.7 Å². The molecule has 1 aliphatic carbocycles. The zero-order chi connectivity index (χ0) is 13.2. The molecule has 1 heterocycles. The van der Waals surface area contributed by atoms with Crippen LogP contribution in [0, 0.1) is 0 Å². The fourth-order valence-corrected chi connectivity index (χ4v) is 2.40. The summed E-state index contributed by atoms with van der Waals surface area (Å²) in [7, 11) is 1.69. The minimum atomic E-state index is -0.726. The Morgan fingerprint density at radius 3 is 2.78 bits per heavy atom. The molecule has 0 saturated heterocycles. The monoisotopic (exact) mass is 251 g/mol. The molecule has 0 radical (unpaired) electrons. The van der Waals surface area contributed by atoms with Crippen molar-refractivity contribution >= 4 is 11.7 Å². The van der Waals surface area contributed by atoms with Crippen molar-refractivity contribution in [2.75, 3.05) is 0 Å².